The standard InChI is InChI=1S/C17H14ClFN2O3/c18-12-10-11(7-8-13(12)19)20-16(22)6-3-9-21-14-4-1-2-5-15(14)24-17(21)23/h1-2,4-5,7-8,10H,3,6,9H2,(H,20,22). The highest BCUT2D eigenvalue weighted by Gasteiger charge is 2.10. The van der Waals surface area contributed by atoms with Gasteiger partial charge in [0.05, 0.1) is 10.5 Å². The Balaban J connectivity index is 1.59. The van der Waals surface area contributed by atoms with Crippen molar-refractivity contribution in [1.29, 1.82) is 0 Å². The van der Waals surface area contributed by atoms with Crippen molar-refractivity contribution < 1.29 is 13.6 Å². The minimum atomic E-state index is -0.541. The zero-order valence-corrected chi connectivity index (χ0v) is 13.3. The molecule has 2 aromatic carbocycles. The molecular formula is C17H14ClFN2O3. The van der Waals surface area contributed by atoms with E-state index in [1.807, 2.05) is 6.07 Å². The van der Waals surface area contributed by atoms with Crippen LogP contribution in [0.15, 0.2) is 51.7 Å². The second-order valence-electron chi connectivity index (χ2n) is 5.27. The van der Waals surface area contributed by atoms with E-state index in [1.54, 1.807) is 18.2 Å². The summed E-state index contributed by atoms with van der Waals surface area (Å²) >= 11 is 5.67. The van der Waals surface area contributed by atoms with Gasteiger partial charge in [0, 0.05) is 18.7 Å². The maximum absolute atomic E-state index is 13.1. The molecule has 0 atom stereocenters. The lowest BCUT2D eigenvalue weighted by Crippen LogP contribution is -2.17. The number of carbonyl (C=O) groups is 1. The molecule has 0 radical (unpaired) electrons. The first-order valence-corrected chi connectivity index (χ1v) is 7.75. The summed E-state index contributed by atoms with van der Waals surface area (Å²) < 4.78 is 19.7. The van der Waals surface area contributed by atoms with Crippen molar-refractivity contribution >= 4 is 34.3 Å². The van der Waals surface area contributed by atoms with E-state index in [4.69, 9.17) is 16.0 Å². The molecule has 0 aliphatic rings. The van der Waals surface area contributed by atoms with Crippen LogP contribution >= 0.6 is 11.6 Å². The van der Waals surface area contributed by atoms with Crippen LogP contribution < -0.4 is 11.1 Å². The van der Waals surface area contributed by atoms with Crippen molar-refractivity contribution in [3.8, 4) is 0 Å². The Kier molecular flexibility index (Phi) is 4.66. The van der Waals surface area contributed by atoms with E-state index in [0.717, 1.165) is 0 Å². The van der Waals surface area contributed by atoms with Gasteiger partial charge in [-0.25, -0.2) is 9.18 Å². The number of hydrogen-bond donors (Lipinski definition) is 1. The van der Waals surface area contributed by atoms with E-state index in [9.17, 15) is 14.0 Å². The van der Waals surface area contributed by atoms with Crippen molar-refractivity contribution in [3.63, 3.8) is 0 Å². The number of carbonyl (C=O) groups excluding carboxylic acids is 1. The lowest BCUT2D eigenvalue weighted by atomic mass is 10.2. The molecule has 0 saturated carbocycles. The first-order chi connectivity index (χ1) is 11.5. The van der Waals surface area contributed by atoms with Crippen molar-refractivity contribution in [1.82, 2.24) is 4.57 Å². The second-order valence-corrected chi connectivity index (χ2v) is 5.68. The predicted octanol–water partition coefficient (Wildman–Crippen LogP) is 3.81. The van der Waals surface area contributed by atoms with Crippen LogP contribution in [-0.4, -0.2) is 10.5 Å². The lowest BCUT2D eigenvalue weighted by Gasteiger charge is -2.06. The van der Waals surface area contributed by atoms with E-state index in [1.165, 1.54) is 22.8 Å². The van der Waals surface area contributed by atoms with Crippen LogP contribution in [0.4, 0.5) is 10.1 Å². The normalized spacial score (nSPS) is 10.9. The van der Waals surface area contributed by atoms with Gasteiger partial charge in [-0.1, -0.05) is 23.7 Å². The molecule has 0 aliphatic heterocycles. The fourth-order valence-corrected chi connectivity index (χ4v) is 2.60. The summed E-state index contributed by atoms with van der Waals surface area (Å²) in [5, 5.41) is 2.59. The van der Waals surface area contributed by atoms with E-state index < -0.39 is 11.6 Å². The number of rotatable bonds is 5. The van der Waals surface area contributed by atoms with Crippen LogP contribution in [0, 0.1) is 5.82 Å². The van der Waals surface area contributed by atoms with Crippen LogP contribution in [0.1, 0.15) is 12.8 Å². The number of benzene rings is 2. The largest absolute Gasteiger partial charge is 0.419 e. The molecule has 1 heterocycles. The topological polar surface area (TPSA) is 64.2 Å². The Morgan fingerprint density at radius 2 is 2.04 bits per heavy atom. The molecule has 124 valence electrons. The number of aryl methyl sites for hydroxylation is 1. The van der Waals surface area contributed by atoms with Crippen molar-refractivity contribution in [2.45, 2.75) is 19.4 Å². The third-order valence-electron chi connectivity index (χ3n) is 3.56. The summed E-state index contributed by atoms with van der Waals surface area (Å²) in [6, 6.07) is 11.1. The summed E-state index contributed by atoms with van der Waals surface area (Å²) in [6.07, 6.45) is 0.672. The van der Waals surface area contributed by atoms with Crippen LogP contribution in [0.5, 0.6) is 0 Å². The molecule has 0 fully saturated rings. The van der Waals surface area contributed by atoms with Crippen LogP contribution in [0.25, 0.3) is 11.1 Å². The Morgan fingerprint density at radius 1 is 1.25 bits per heavy atom. The summed E-state index contributed by atoms with van der Waals surface area (Å²) in [5.74, 6) is -1.22. The third-order valence-corrected chi connectivity index (χ3v) is 3.85. The number of amides is 1. The number of para-hydroxylation sites is 2. The average Bonchev–Trinajstić information content (AvgIpc) is 2.87. The summed E-state index contributed by atoms with van der Waals surface area (Å²) in [7, 11) is 0. The zero-order valence-electron chi connectivity index (χ0n) is 12.6. The van der Waals surface area contributed by atoms with Gasteiger partial charge in [0.25, 0.3) is 0 Å². The molecule has 3 rings (SSSR count). The Morgan fingerprint density at radius 3 is 2.83 bits per heavy atom. The summed E-state index contributed by atoms with van der Waals surface area (Å²) in [4.78, 5) is 23.7. The number of aromatic nitrogens is 1. The number of oxazole rings is 1. The first kappa shape index (κ1) is 16.3. The molecule has 0 bridgehead atoms. The van der Waals surface area contributed by atoms with E-state index >= 15 is 0 Å². The highest BCUT2D eigenvalue weighted by Crippen LogP contribution is 2.19. The van der Waals surface area contributed by atoms with E-state index in [0.29, 0.717) is 29.8 Å². The van der Waals surface area contributed by atoms with E-state index in [2.05, 4.69) is 5.32 Å². The molecule has 1 N–H and O–H groups in total. The quantitative estimate of drug-likeness (QED) is 0.762. The average molecular weight is 349 g/mol. The van der Waals surface area contributed by atoms with Crippen LogP contribution in [0.3, 0.4) is 0 Å². The minimum Gasteiger partial charge on any atom is -0.408 e. The Labute approximate surface area is 141 Å². The molecule has 0 spiro atoms. The van der Waals surface area contributed by atoms with Crippen molar-refractivity contribution in [2.75, 3.05) is 5.32 Å². The van der Waals surface area contributed by atoms with Gasteiger partial charge in [0.1, 0.15) is 5.82 Å². The van der Waals surface area contributed by atoms with Crippen LogP contribution in [0.2, 0.25) is 5.02 Å². The van der Waals surface area contributed by atoms with Gasteiger partial charge >= 0.3 is 5.76 Å². The number of nitrogens with zero attached hydrogens (tertiary/aromatic N) is 1. The fourth-order valence-electron chi connectivity index (χ4n) is 2.42. The minimum absolute atomic E-state index is 0.0516. The first-order valence-electron chi connectivity index (χ1n) is 7.38. The molecule has 5 nitrogen and oxygen atoms in total. The molecule has 24 heavy (non-hydrogen) atoms. The van der Waals surface area contributed by atoms with Gasteiger partial charge in [-0.2, -0.15) is 0 Å². The SMILES string of the molecule is O=C(CCCn1c(=O)oc2ccccc21)Nc1ccc(F)c(Cl)c1. The van der Waals surface area contributed by atoms with Crippen molar-refractivity contribution in [2.24, 2.45) is 0 Å². The highest BCUT2D eigenvalue weighted by atomic mass is 35.5. The Hall–Kier alpha value is -2.60. The van der Waals surface area contributed by atoms with Gasteiger partial charge in [-0.15, -0.1) is 0 Å². The number of nitrogens with one attached hydrogen (secondary N) is 1. The van der Waals surface area contributed by atoms with Gasteiger partial charge in [0.2, 0.25) is 5.91 Å². The number of anilines is 1. The fraction of sp³-hybridized carbons (Fsp3) is 0.176. The lowest BCUT2D eigenvalue weighted by molar-refractivity contribution is -0.116. The molecule has 1 amide bonds. The predicted molar refractivity (Wildman–Crippen MR) is 89.7 cm³/mol. The summed E-state index contributed by atoms with van der Waals surface area (Å²) in [6.45, 7) is 0.368. The van der Waals surface area contributed by atoms with Gasteiger partial charge in [0.15, 0.2) is 5.58 Å². The number of fused-ring (bicyclic) bond motifs is 1. The van der Waals surface area contributed by atoms with Crippen LogP contribution in [-0.2, 0) is 11.3 Å². The van der Waals surface area contributed by atoms with Gasteiger partial charge < -0.3 is 9.73 Å². The number of halogens is 2. The smallest absolute Gasteiger partial charge is 0.408 e. The van der Waals surface area contributed by atoms with Gasteiger partial charge in [-0.3, -0.25) is 9.36 Å². The molecule has 1 aromatic heterocycles. The molecular weight excluding hydrogens is 335 g/mol. The molecule has 3 aromatic rings. The molecule has 0 saturated heterocycles. The monoisotopic (exact) mass is 348 g/mol. The molecule has 0 unspecified atom stereocenters. The van der Waals surface area contributed by atoms with E-state index in [-0.39, 0.29) is 17.4 Å². The maximum Gasteiger partial charge on any atom is 0.419 e. The molecule has 7 heteroatoms. The molecule has 0 aliphatic carbocycles. The maximum atomic E-state index is 13.1. The highest BCUT2D eigenvalue weighted by molar-refractivity contribution is 6.31. The Bertz CT molecular complexity index is 948. The summed E-state index contributed by atoms with van der Waals surface area (Å²) in [5.41, 5.74) is 1.65. The van der Waals surface area contributed by atoms with Gasteiger partial charge in [-0.05, 0) is 36.8 Å². The number of hydrogen-bond acceptors (Lipinski definition) is 3. The third kappa shape index (κ3) is 3.49. The van der Waals surface area contributed by atoms with Crippen molar-refractivity contribution in [3.05, 3.63) is 63.9 Å². The zero-order chi connectivity index (χ0) is 17.1. The second kappa shape index (κ2) is 6.88.